The van der Waals surface area contributed by atoms with E-state index in [1.807, 2.05) is 17.9 Å². The molecule has 1 N–H and O–H groups in total. The molecule has 0 amide bonds. The summed E-state index contributed by atoms with van der Waals surface area (Å²) in [7, 11) is 1.96. The van der Waals surface area contributed by atoms with Crippen LogP contribution >= 0.6 is 0 Å². The third kappa shape index (κ3) is 4.35. The van der Waals surface area contributed by atoms with Crippen LogP contribution in [0, 0.1) is 5.92 Å². The molecule has 1 aromatic heterocycles. The quantitative estimate of drug-likeness (QED) is 0.803. The molecule has 2 atom stereocenters. The largest absolute Gasteiger partial charge is 0.308 e. The predicted molar refractivity (Wildman–Crippen MR) is 68.3 cm³/mol. The second kappa shape index (κ2) is 6.04. The molecule has 0 spiro atoms. The summed E-state index contributed by atoms with van der Waals surface area (Å²) in [5.41, 5.74) is 1.26. The third-order valence-electron chi connectivity index (χ3n) is 2.94. The number of nitrogens with one attached hydrogen (secondary N) is 1. The van der Waals surface area contributed by atoms with E-state index in [-0.39, 0.29) is 0 Å². The Labute approximate surface area is 99.2 Å². The van der Waals surface area contributed by atoms with E-state index < -0.39 is 0 Å². The molecule has 0 aliphatic carbocycles. The van der Waals surface area contributed by atoms with Gasteiger partial charge in [0.05, 0.1) is 6.20 Å². The number of hydrogen-bond donors (Lipinski definition) is 1. The van der Waals surface area contributed by atoms with Gasteiger partial charge < -0.3 is 5.32 Å². The van der Waals surface area contributed by atoms with Crippen LogP contribution < -0.4 is 5.32 Å². The molecule has 2 unspecified atom stereocenters. The molecule has 0 saturated heterocycles. The second-order valence-electron chi connectivity index (χ2n) is 5.21. The average molecular weight is 223 g/mol. The maximum atomic E-state index is 4.20. The number of rotatable bonds is 6. The molecular formula is C13H25N3. The van der Waals surface area contributed by atoms with E-state index in [0.717, 1.165) is 5.92 Å². The van der Waals surface area contributed by atoms with E-state index in [9.17, 15) is 0 Å². The van der Waals surface area contributed by atoms with Crippen LogP contribution in [0.2, 0.25) is 0 Å². The summed E-state index contributed by atoms with van der Waals surface area (Å²) >= 11 is 0. The molecule has 16 heavy (non-hydrogen) atoms. The number of aryl methyl sites for hydroxylation is 1. The molecule has 92 valence electrons. The average Bonchev–Trinajstić information content (AvgIpc) is 2.62. The summed E-state index contributed by atoms with van der Waals surface area (Å²) in [6, 6.07) is 0.952. The van der Waals surface area contributed by atoms with E-state index in [2.05, 4.69) is 44.3 Å². The van der Waals surface area contributed by atoms with Gasteiger partial charge in [-0.15, -0.1) is 0 Å². The van der Waals surface area contributed by atoms with Gasteiger partial charge in [0.1, 0.15) is 0 Å². The van der Waals surface area contributed by atoms with E-state index in [0.29, 0.717) is 12.1 Å². The monoisotopic (exact) mass is 223 g/mol. The van der Waals surface area contributed by atoms with Gasteiger partial charge in [-0.3, -0.25) is 4.68 Å². The molecule has 1 rings (SSSR count). The van der Waals surface area contributed by atoms with Gasteiger partial charge in [-0.2, -0.15) is 5.10 Å². The fourth-order valence-electron chi connectivity index (χ4n) is 1.85. The van der Waals surface area contributed by atoms with Crippen LogP contribution in [0.4, 0.5) is 0 Å². The van der Waals surface area contributed by atoms with Crippen molar-refractivity contribution in [2.75, 3.05) is 0 Å². The summed E-state index contributed by atoms with van der Waals surface area (Å²) in [6.45, 7) is 9.01. The normalized spacial score (nSPS) is 15.4. The lowest BCUT2D eigenvalue weighted by molar-refractivity contribution is 0.417. The highest BCUT2D eigenvalue weighted by atomic mass is 15.2. The molecule has 1 heterocycles. The van der Waals surface area contributed by atoms with Crippen molar-refractivity contribution in [2.24, 2.45) is 13.0 Å². The molecule has 3 nitrogen and oxygen atoms in total. The molecule has 0 aromatic carbocycles. The van der Waals surface area contributed by atoms with Crippen molar-refractivity contribution in [3.05, 3.63) is 18.0 Å². The molecule has 0 aliphatic rings. The number of hydrogen-bond acceptors (Lipinski definition) is 2. The Morgan fingerprint density at radius 3 is 2.44 bits per heavy atom. The van der Waals surface area contributed by atoms with Gasteiger partial charge >= 0.3 is 0 Å². The maximum absolute atomic E-state index is 4.20. The van der Waals surface area contributed by atoms with E-state index in [1.165, 1.54) is 18.4 Å². The zero-order chi connectivity index (χ0) is 12.1. The van der Waals surface area contributed by atoms with E-state index in [1.54, 1.807) is 0 Å². The van der Waals surface area contributed by atoms with Crippen molar-refractivity contribution >= 4 is 0 Å². The van der Waals surface area contributed by atoms with Crippen molar-refractivity contribution in [1.29, 1.82) is 0 Å². The Morgan fingerprint density at radius 2 is 1.94 bits per heavy atom. The standard InChI is InChI=1S/C13H25N3/c1-10(2)6-7-11(3)15-12(4)13-8-14-16(5)9-13/h8-12,15H,6-7H2,1-5H3. The van der Waals surface area contributed by atoms with Crippen LogP contribution in [0.15, 0.2) is 12.4 Å². The Morgan fingerprint density at radius 1 is 1.25 bits per heavy atom. The predicted octanol–water partition coefficient (Wildman–Crippen LogP) is 2.90. The molecule has 0 saturated carbocycles. The molecule has 0 radical (unpaired) electrons. The van der Waals surface area contributed by atoms with Crippen molar-refractivity contribution in [1.82, 2.24) is 15.1 Å². The molecule has 0 bridgehead atoms. The highest BCUT2D eigenvalue weighted by molar-refractivity contribution is 5.09. The van der Waals surface area contributed by atoms with Gasteiger partial charge in [-0.1, -0.05) is 13.8 Å². The van der Waals surface area contributed by atoms with Gasteiger partial charge in [0.2, 0.25) is 0 Å². The van der Waals surface area contributed by atoms with Crippen LogP contribution in [0.5, 0.6) is 0 Å². The van der Waals surface area contributed by atoms with Gasteiger partial charge in [-0.25, -0.2) is 0 Å². The fraction of sp³-hybridized carbons (Fsp3) is 0.769. The fourth-order valence-corrected chi connectivity index (χ4v) is 1.85. The SMILES string of the molecule is CC(C)CCC(C)NC(C)c1cnn(C)c1. The Balaban J connectivity index is 2.36. The van der Waals surface area contributed by atoms with Crippen molar-refractivity contribution in [3.63, 3.8) is 0 Å². The smallest absolute Gasteiger partial charge is 0.0537 e. The van der Waals surface area contributed by atoms with Crippen LogP contribution in [0.3, 0.4) is 0 Å². The van der Waals surface area contributed by atoms with Gasteiger partial charge in [-0.05, 0) is 32.6 Å². The van der Waals surface area contributed by atoms with Crippen LogP contribution in [-0.2, 0) is 7.05 Å². The first kappa shape index (κ1) is 13.2. The van der Waals surface area contributed by atoms with Crippen molar-refractivity contribution < 1.29 is 0 Å². The zero-order valence-electron chi connectivity index (χ0n) is 11.2. The molecule has 0 fully saturated rings. The van der Waals surface area contributed by atoms with E-state index in [4.69, 9.17) is 0 Å². The summed E-state index contributed by atoms with van der Waals surface area (Å²) < 4.78 is 1.85. The first-order valence-corrected chi connectivity index (χ1v) is 6.23. The summed E-state index contributed by atoms with van der Waals surface area (Å²) in [4.78, 5) is 0. The van der Waals surface area contributed by atoms with Crippen molar-refractivity contribution in [3.8, 4) is 0 Å². The zero-order valence-corrected chi connectivity index (χ0v) is 11.2. The maximum Gasteiger partial charge on any atom is 0.0537 e. The van der Waals surface area contributed by atoms with E-state index >= 15 is 0 Å². The van der Waals surface area contributed by atoms with Crippen LogP contribution in [0.25, 0.3) is 0 Å². The molecule has 0 aliphatic heterocycles. The first-order valence-electron chi connectivity index (χ1n) is 6.23. The molecule has 3 heteroatoms. The Bertz CT molecular complexity index is 304. The molecule has 1 aromatic rings. The minimum Gasteiger partial charge on any atom is -0.308 e. The Hall–Kier alpha value is -0.830. The minimum atomic E-state index is 0.385. The lowest BCUT2D eigenvalue weighted by Gasteiger charge is -2.19. The number of aromatic nitrogens is 2. The Kier molecular flexibility index (Phi) is 5.00. The van der Waals surface area contributed by atoms with Crippen LogP contribution in [0.1, 0.15) is 52.1 Å². The summed E-state index contributed by atoms with van der Waals surface area (Å²) in [6.07, 6.45) is 6.54. The highest BCUT2D eigenvalue weighted by Crippen LogP contribution is 2.14. The topological polar surface area (TPSA) is 29.9 Å². The lowest BCUT2D eigenvalue weighted by Crippen LogP contribution is -2.29. The van der Waals surface area contributed by atoms with Crippen molar-refractivity contribution in [2.45, 2.75) is 52.6 Å². The molecular weight excluding hydrogens is 198 g/mol. The van der Waals surface area contributed by atoms with Gasteiger partial charge in [0.25, 0.3) is 0 Å². The lowest BCUT2D eigenvalue weighted by atomic mass is 10.0. The van der Waals surface area contributed by atoms with Gasteiger partial charge in [0.15, 0.2) is 0 Å². The number of nitrogens with zero attached hydrogens (tertiary/aromatic N) is 2. The minimum absolute atomic E-state index is 0.385. The van der Waals surface area contributed by atoms with Crippen LogP contribution in [-0.4, -0.2) is 15.8 Å². The van der Waals surface area contributed by atoms with Gasteiger partial charge in [0, 0.05) is 30.9 Å². The summed E-state index contributed by atoms with van der Waals surface area (Å²) in [5, 5.41) is 7.81. The summed E-state index contributed by atoms with van der Waals surface area (Å²) in [5.74, 6) is 0.790. The third-order valence-corrected chi connectivity index (χ3v) is 2.94. The highest BCUT2D eigenvalue weighted by Gasteiger charge is 2.11. The second-order valence-corrected chi connectivity index (χ2v) is 5.21. The first-order chi connectivity index (χ1) is 7.49.